The van der Waals surface area contributed by atoms with Gasteiger partial charge in [-0.3, -0.25) is 9.59 Å². The summed E-state index contributed by atoms with van der Waals surface area (Å²) < 4.78 is 1.77. The fraction of sp³-hybridized carbons (Fsp3) is 0.500. The zero-order chi connectivity index (χ0) is 16.6. The van der Waals surface area contributed by atoms with Gasteiger partial charge < -0.3 is 9.80 Å². The third-order valence-corrected chi connectivity index (χ3v) is 4.43. The van der Waals surface area contributed by atoms with Crippen LogP contribution in [0.5, 0.6) is 0 Å². The van der Waals surface area contributed by atoms with Crippen LogP contribution in [0.2, 0.25) is 0 Å². The summed E-state index contributed by atoms with van der Waals surface area (Å²) in [5.41, 5.74) is 2.16. The molecule has 0 aromatic carbocycles. The molecule has 0 N–H and O–H groups in total. The molecule has 3 heterocycles. The molecule has 23 heavy (non-hydrogen) atoms. The highest BCUT2D eigenvalue weighted by atomic mass is 16.2. The van der Waals surface area contributed by atoms with Crippen molar-refractivity contribution in [3.05, 3.63) is 29.7 Å². The Kier molecular flexibility index (Phi) is 4.02. The summed E-state index contributed by atoms with van der Waals surface area (Å²) >= 11 is 0. The van der Waals surface area contributed by atoms with Gasteiger partial charge in [0.15, 0.2) is 5.65 Å². The van der Waals surface area contributed by atoms with Gasteiger partial charge in [0.25, 0.3) is 5.91 Å². The first-order valence-corrected chi connectivity index (χ1v) is 7.79. The minimum absolute atomic E-state index is 0.101. The van der Waals surface area contributed by atoms with Crippen molar-refractivity contribution in [1.29, 1.82) is 0 Å². The van der Waals surface area contributed by atoms with Crippen LogP contribution in [-0.4, -0.2) is 63.4 Å². The first kappa shape index (κ1) is 15.5. The molecule has 1 saturated heterocycles. The number of amides is 2. The molecule has 1 aliphatic heterocycles. The summed E-state index contributed by atoms with van der Waals surface area (Å²) in [7, 11) is 3.43. The lowest BCUT2D eigenvalue weighted by atomic mass is 9.93. The van der Waals surface area contributed by atoms with Gasteiger partial charge in [-0.1, -0.05) is 0 Å². The Bertz CT molecular complexity index is 744. The topological polar surface area (TPSA) is 70.8 Å². The lowest BCUT2D eigenvalue weighted by Gasteiger charge is -2.31. The highest BCUT2D eigenvalue weighted by Gasteiger charge is 2.25. The molecule has 0 spiro atoms. The van der Waals surface area contributed by atoms with E-state index in [9.17, 15) is 9.59 Å². The maximum absolute atomic E-state index is 12.2. The van der Waals surface area contributed by atoms with Gasteiger partial charge in [-0.05, 0) is 18.9 Å². The van der Waals surface area contributed by atoms with Gasteiger partial charge in [-0.25, -0.2) is 9.50 Å². The SMILES string of the molecule is CC(=O)N1CCC(c2ccnc3c(C(=O)N(C)C)cnn23)CC1. The number of hydrogen-bond acceptors (Lipinski definition) is 4. The van der Waals surface area contributed by atoms with Gasteiger partial charge in [-0.15, -0.1) is 0 Å². The first-order chi connectivity index (χ1) is 11.0. The molecule has 0 bridgehead atoms. The smallest absolute Gasteiger partial charge is 0.258 e. The monoisotopic (exact) mass is 315 g/mol. The van der Waals surface area contributed by atoms with Crippen LogP contribution in [0.1, 0.15) is 41.7 Å². The van der Waals surface area contributed by atoms with E-state index in [4.69, 9.17) is 0 Å². The Hall–Kier alpha value is -2.44. The minimum atomic E-state index is -0.101. The number of carbonyl (C=O) groups excluding carboxylic acids is 2. The molecule has 1 fully saturated rings. The molecule has 0 atom stereocenters. The molecule has 2 aromatic heterocycles. The molecule has 3 rings (SSSR count). The number of likely N-dealkylation sites (tertiary alicyclic amines) is 1. The van der Waals surface area contributed by atoms with E-state index in [2.05, 4.69) is 10.1 Å². The van der Waals surface area contributed by atoms with Crippen molar-refractivity contribution in [2.75, 3.05) is 27.2 Å². The Morgan fingerprint density at radius 2 is 1.96 bits per heavy atom. The minimum Gasteiger partial charge on any atom is -0.345 e. The van der Waals surface area contributed by atoms with Crippen molar-refractivity contribution in [3.8, 4) is 0 Å². The van der Waals surface area contributed by atoms with Crippen LogP contribution in [0.3, 0.4) is 0 Å². The van der Waals surface area contributed by atoms with Crippen molar-refractivity contribution < 1.29 is 9.59 Å². The van der Waals surface area contributed by atoms with E-state index in [1.807, 2.05) is 11.0 Å². The summed E-state index contributed by atoms with van der Waals surface area (Å²) in [5.74, 6) is 0.343. The number of fused-ring (bicyclic) bond motifs is 1. The second-order valence-corrected chi connectivity index (χ2v) is 6.14. The van der Waals surface area contributed by atoms with E-state index >= 15 is 0 Å². The normalized spacial score (nSPS) is 15.9. The number of nitrogens with zero attached hydrogens (tertiary/aromatic N) is 5. The Balaban J connectivity index is 1.91. The second kappa shape index (κ2) is 5.98. The molecular weight excluding hydrogens is 294 g/mol. The van der Waals surface area contributed by atoms with E-state index in [1.54, 1.807) is 37.9 Å². The molecule has 2 aromatic rings. The lowest BCUT2D eigenvalue weighted by Crippen LogP contribution is -2.36. The molecule has 122 valence electrons. The van der Waals surface area contributed by atoms with Crippen LogP contribution in [0.25, 0.3) is 5.65 Å². The zero-order valence-electron chi connectivity index (χ0n) is 13.7. The lowest BCUT2D eigenvalue weighted by molar-refractivity contribution is -0.129. The van der Waals surface area contributed by atoms with Gasteiger partial charge >= 0.3 is 0 Å². The predicted molar refractivity (Wildman–Crippen MR) is 85.2 cm³/mol. The average molecular weight is 315 g/mol. The maximum Gasteiger partial charge on any atom is 0.258 e. The third kappa shape index (κ3) is 2.78. The number of piperidine rings is 1. The van der Waals surface area contributed by atoms with Gasteiger partial charge in [0, 0.05) is 51.9 Å². The summed E-state index contributed by atoms with van der Waals surface area (Å²) in [6.45, 7) is 3.13. The first-order valence-electron chi connectivity index (χ1n) is 7.79. The summed E-state index contributed by atoms with van der Waals surface area (Å²) in [4.78, 5) is 31.4. The van der Waals surface area contributed by atoms with Gasteiger partial charge in [0.1, 0.15) is 5.56 Å². The van der Waals surface area contributed by atoms with Gasteiger partial charge in [0.2, 0.25) is 5.91 Å². The molecule has 2 amide bonds. The van der Waals surface area contributed by atoms with Crippen molar-refractivity contribution in [3.63, 3.8) is 0 Å². The molecule has 0 unspecified atom stereocenters. The van der Waals surface area contributed by atoms with Crippen molar-refractivity contribution >= 4 is 17.5 Å². The fourth-order valence-electron chi connectivity index (χ4n) is 3.10. The van der Waals surface area contributed by atoms with E-state index in [-0.39, 0.29) is 11.8 Å². The molecular formula is C16H21N5O2. The highest BCUT2D eigenvalue weighted by molar-refractivity contribution is 5.99. The van der Waals surface area contributed by atoms with Crippen LogP contribution in [-0.2, 0) is 4.79 Å². The zero-order valence-corrected chi connectivity index (χ0v) is 13.7. The maximum atomic E-state index is 12.2. The largest absolute Gasteiger partial charge is 0.345 e. The summed E-state index contributed by atoms with van der Waals surface area (Å²) in [6, 6.07) is 1.96. The number of carbonyl (C=O) groups is 2. The standard InChI is InChI=1S/C16H21N5O2/c1-11(22)20-8-5-12(6-9-20)14-4-7-17-15-13(10-18-21(14)15)16(23)19(2)3/h4,7,10,12H,5-6,8-9H2,1-3H3. The van der Waals surface area contributed by atoms with Gasteiger partial charge in [-0.2, -0.15) is 5.10 Å². The van der Waals surface area contributed by atoms with E-state index < -0.39 is 0 Å². The van der Waals surface area contributed by atoms with Crippen LogP contribution in [0.4, 0.5) is 0 Å². The second-order valence-electron chi connectivity index (χ2n) is 6.14. The summed E-state index contributed by atoms with van der Waals surface area (Å²) in [6.07, 6.45) is 5.11. The molecule has 0 aliphatic carbocycles. The quantitative estimate of drug-likeness (QED) is 0.834. The van der Waals surface area contributed by atoms with Crippen molar-refractivity contribution in [2.45, 2.75) is 25.7 Å². The van der Waals surface area contributed by atoms with Crippen LogP contribution < -0.4 is 0 Å². The van der Waals surface area contributed by atoms with E-state index in [1.165, 1.54) is 4.90 Å². The molecule has 0 saturated carbocycles. The van der Waals surface area contributed by atoms with Crippen LogP contribution in [0.15, 0.2) is 18.5 Å². The number of hydrogen-bond donors (Lipinski definition) is 0. The molecule has 1 aliphatic rings. The Morgan fingerprint density at radius 3 is 2.57 bits per heavy atom. The third-order valence-electron chi connectivity index (χ3n) is 4.43. The molecule has 7 heteroatoms. The number of rotatable bonds is 2. The Morgan fingerprint density at radius 1 is 1.26 bits per heavy atom. The Labute approximate surface area is 134 Å². The predicted octanol–water partition coefficient (Wildman–Crippen LogP) is 1.16. The van der Waals surface area contributed by atoms with Gasteiger partial charge in [0.05, 0.1) is 6.20 Å². The van der Waals surface area contributed by atoms with E-state index in [0.717, 1.165) is 31.6 Å². The molecule has 7 nitrogen and oxygen atoms in total. The molecule has 0 radical (unpaired) electrons. The summed E-state index contributed by atoms with van der Waals surface area (Å²) in [5, 5.41) is 4.38. The fourth-order valence-corrected chi connectivity index (χ4v) is 3.10. The van der Waals surface area contributed by atoms with Crippen LogP contribution >= 0.6 is 0 Å². The van der Waals surface area contributed by atoms with Crippen molar-refractivity contribution in [2.24, 2.45) is 0 Å². The van der Waals surface area contributed by atoms with E-state index in [0.29, 0.717) is 17.1 Å². The highest BCUT2D eigenvalue weighted by Crippen LogP contribution is 2.28. The average Bonchev–Trinajstić information content (AvgIpc) is 2.98. The van der Waals surface area contributed by atoms with Crippen molar-refractivity contribution in [1.82, 2.24) is 24.4 Å². The van der Waals surface area contributed by atoms with Crippen LogP contribution in [0, 0.1) is 0 Å². The number of aromatic nitrogens is 3.